The molecule has 0 unspecified atom stereocenters. The zero-order valence-corrected chi connectivity index (χ0v) is 16.1. The van der Waals surface area contributed by atoms with E-state index in [-0.39, 0.29) is 11.9 Å². The van der Waals surface area contributed by atoms with Gasteiger partial charge in [-0.2, -0.15) is 0 Å². The minimum absolute atomic E-state index is 0.0666. The van der Waals surface area contributed by atoms with Crippen molar-refractivity contribution in [1.82, 2.24) is 9.62 Å². The number of nitrogens with one attached hydrogen (secondary N) is 1. The number of thiophene rings is 1. The number of benzene rings is 1. The van der Waals surface area contributed by atoms with Gasteiger partial charge in [-0.15, -0.1) is 11.3 Å². The van der Waals surface area contributed by atoms with Crippen molar-refractivity contribution >= 4 is 37.3 Å². The van der Waals surface area contributed by atoms with E-state index in [1.165, 1.54) is 17.4 Å². The summed E-state index contributed by atoms with van der Waals surface area (Å²) in [6.45, 7) is 2.03. The van der Waals surface area contributed by atoms with Gasteiger partial charge in [-0.05, 0) is 36.4 Å². The topological polar surface area (TPSA) is 49.4 Å². The summed E-state index contributed by atoms with van der Waals surface area (Å²) in [4.78, 5) is 2.16. The maximum atomic E-state index is 13.9. The van der Waals surface area contributed by atoms with Crippen molar-refractivity contribution in [1.29, 1.82) is 0 Å². The first kappa shape index (κ1) is 18.0. The zero-order valence-electron chi connectivity index (χ0n) is 12.9. The van der Waals surface area contributed by atoms with Crippen molar-refractivity contribution in [2.24, 2.45) is 0 Å². The van der Waals surface area contributed by atoms with E-state index in [1.807, 2.05) is 6.07 Å². The lowest BCUT2D eigenvalue weighted by atomic mass is 10.1. The summed E-state index contributed by atoms with van der Waals surface area (Å²) in [6, 6.07) is 8.36. The molecular formula is C16H18BrFN2O2S2. The number of halogens is 2. The van der Waals surface area contributed by atoms with E-state index in [0.29, 0.717) is 16.3 Å². The molecule has 0 radical (unpaired) electrons. The third kappa shape index (κ3) is 4.43. The van der Waals surface area contributed by atoms with Crippen LogP contribution in [0.15, 0.2) is 44.4 Å². The van der Waals surface area contributed by atoms with Gasteiger partial charge in [0.2, 0.25) is 10.0 Å². The Labute approximate surface area is 153 Å². The van der Waals surface area contributed by atoms with Crippen molar-refractivity contribution in [3.8, 4) is 0 Å². The lowest BCUT2D eigenvalue weighted by Gasteiger charge is -2.32. The van der Waals surface area contributed by atoms with Crippen LogP contribution in [0, 0.1) is 5.82 Å². The summed E-state index contributed by atoms with van der Waals surface area (Å²) in [7, 11) is -3.42. The molecule has 24 heavy (non-hydrogen) atoms. The molecule has 1 saturated heterocycles. The molecule has 1 aliphatic rings. The van der Waals surface area contributed by atoms with Gasteiger partial charge in [0, 0.05) is 35.7 Å². The number of rotatable bonds is 5. The van der Waals surface area contributed by atoms with Gasteiger partial charge in [0.15, 0.2) is 0 Å². The molecule has 0 bridgehead atoms. The molecule has 1 aliphatic heterocycles. The quantitative estimate of drug-likeness (QED) is 0.784. The highest BCUT2D eigenvalue weighted by Crippen LogP contribution is 2.21. The fraction of sp³-hybridized carbons (Fsp3) is 0.375. The lowest BCUT2D eigenvalue weighted by molar-refractivity contribution is 0.198. The Morgan fingerprint density at radius 2 is 2.04 bits per heavy atom. The number of nitrogens with zero attached hydrogens (tertiary/aromatic N) is 1. The van der Waals surface area contributed by atoms with E-state index in [0.717, 1.165) is 30.4 Å². The Balaban J connectivity index is 1.54. The molecule has 4 nitrogen and oxygen atoms in total. The van der Waals surface area contributed by atoms with Crippen LogP contribution in [-0.2, 0) is 16.6 Å². The van der Waals surface area contributed by atoms with Gasteiger partial charge >= 0.3 is 0 Å². The standard InChI is InChI=1S/C16H18BrFN2O2S2/c17-13-4-3-12(15(18)10-13)11-20-7-5-14(6-8-20)19-24(21,22)16-2-1-9-23-16/h1-4,9-10,14,19H,5-8,11H2. The van der Waals surface area contributed by atoms with Gasteiger partial charge in [-0.3, -0.25) is 4.90 Å². The van der Waals surface area contributed by atoms with Gasteiger partial charge in [0.1, 0.15) is 10.0 Å². The minimum Gasteiger partial charge on any atom is -0.299 e. The fourth-order valence-electron chi connectivity index (χ4n) is 2.79. The number of likely N-dealkylation sites (tertiary alicyclic amines) is 1. The fourth-order valence-corrected chi connectivity index (χ4v) is 5.44. The van der Waals surface area contributed by atoms with E-state index >= 15 is 0 Å². The molecule has 130 valence electrons. The molecule has 1 aromatic carbocycles. The third-order valence-corrected chi connectivity index (χ3v) is 7.49. The van der Waals surface area contributed by atoms with E-state index in [4.69, 9.17) is 0 Å². The second kappa shape index (κ2) is 7.61. The van der Waals surface area contributed by atoms with Crippen LogP contribution in [0.2, 0.25) is 0 Å². The van der Waals surface area contributed by atoms with Crippen LogP contribution in [0.5, 0.6) is 0 Å². The van der Waals surface area contributed by atoms with Gasteiger partial charge < -0.3 is 0 Å². The van der Waals surface area contributed by atoms with Crippen molar-refractivity contribution < 1.29 is 12.8 Å². The summed E-state index contributed by atoms with van der Waals surface area (Å²) in [5, 5.41) is 1.75. The summed E-state index contributed by atoms with van der Waals surface area (Å²) in [6.07, 6.45) is 1.45. The van der Waals surface area contributed by atoms with Crippen LogP contribution in [0.4, 0.5) is 4.39 Å². The van der Waals surface area contributed by atoms with Crippen LogP contribution in [0.3, 0.4) is 0 Å². The predicted molar refractivity (Wildman–Crippen MR) is 97.0 cm³/mol. The third-order valence-electron chi connectivity index (χ3n) is 4.08. The molecule has 8 heteroatoms. The molecular weight excluding hydrogens is 415 g/mol. The van der Waals surface area contributed by atoms with Crippen molar-refractivity contribution in [2.45, 2.75) is 29.6 Å². The van der Waals surface area contributed by atoms with Crippen LogP contribution >= 0.6 is 27.3 Å². The van der Waals surface area contributed by atoms with E-state index in [2.05, 4.69) is 25.6 Å². The minimum atomic E-state index is -3.42. The smallest absolute Gasteiger partial charge is 0.250 e. The molecule has 0 saturated carbocycles. The van der Waals surface area contributed by atoms with Crippen molar-refractivity contribution in [3.05, 3.63) is 51.6 Å². The Bertz CT molecular complexity index is 788. The maximum absolute atomic E-state index is 13.9. The monoisotopic (exact) mass is 432 g/mol. The SMILES string of the molecule is O=S(=O)(NC1CCN(Cc2ccc(Br)cc2F)CC1)c1cccs1. The normalized spacial score (nSPS) is 17.2. The maximum Gasteiger partial charge on any atom is 0.250 e. The molecule has 0 aliphatic carbocycles. The zero-order chi connectivity index (χ0) is 17.2. The van der Waals surface area contributed by atoms with Gasteiger partial charge in [-0.25, -0.2) is 17.5 Å². The van der Waals surface area contributed by atoms with Gasteiger partial charge in [0.25, 0.3) is 0 Å². The molecule has 2 heterocycles. The summed E-state index contributed by atoms with van der Waals surface area (Å²) in [5.41, 5.74) is 0.663. The highest BCUT2D eigenvalue weighted by molar-refractivity contribution is 9.10. The molecule has 1 N–H and O–H groups in total. The van der Waals surface area contributed by atoms with Crippen molar-refractivity contribution in [2.75, 3.05) is 13.1 Å². The molecule has 0 amide bonds. The molecule has 1 aromatic heterocycles. The van der Waals surface area contributed by atoms with Crippen LogP contribution in [0.25, 0.3) is 0 Å². The summed E-state index contributed by atoms with van der Waals surface area (Å²) < 4.78 is 42.3. The van der Waals surface area contributed by atoms with Crippen LogP contribution in [0.1, 0.15) is 18.4 Å². The average molecular weight is 433 g/mol. The van der Waals surface area contributed by atoms with E-state index < -0.39 is 10.0 Å². The highest BCUT2D eigenvalue weighted by Gasteiger charge is 2.25. The number of hydrogen-bond donors (Lipinski definition) is 1. The summed E-state index contributed by atoms with van der Waals surface area (Å²) in [5.74, 6) is -0.218. The largest absolute Gasteiger partial charge is 0.299 e. The lowest BCUT2D eigenvalue weighted by Crippen LogP contribution is -2.44. The van der Waals surface area contributed by atoms with E-state index in [1.54, 1.807) is 23.6 Å². The molecule has 0 atom stereocenters. The first-order valence-electron chi connectivity index (χ1n) is 7.66. The van der Waals surface area contributed by atoms with E-state index in [9.17, 15) is 12.8 Å². The number of hydrogen-bond acceptors (Lipinski definition) is 4. The predicted octanol–water partition coefficient (Wildman–Crippen LogP) is 3.59. The first-order valence-corrected chi connectivity index (χ1v) is 10.8. The molecule has 3 rings (SSSR count). The van der Waals surface area contributed by atoms with Gasteiger partial charge in [-0.1, -0.05) is 28.1 Å². The Morgan fingerprint density at radius 3 is 2.67 bits per heavy atom. The highest BCUT2D eigenvalue weighted by atomic mass is 79.9. The second-order valence-corrected chi connectivity index (χ2v) is 9.64. The first-order chi connectivity index (χ1) is 11.4. The van der Waals surface area contributed by atoms with Crippen LogP contribution < -0.4 is 4.72 Å². The number of piperidine rings is 1. The molecule has 2 aromatic rings. The molecule has 1 fully saturated rings. The Kier molecular flexibility index (Phi) is 5.71. The van der Waals surface area contributed by atoms with Crippen LogP contribution in [-0.4, -0.2) is 32.4 Å². The van der Waals surface area contributed by atoms with Crippen molar-refractivity contribution in [3.63, 3.8) is 0 Å². The molecule has 0 spiro atoms. The second-order valence-electron chi connectivity index (χ2n) is 5.84. The Morgan fingerprint density at radius 1 is 1.29 bits per heavy atom. The Hall–Kier alpha value is -0.800. The van der Waals surface area contributed by atoms with Gasteiger partial charge in [0.05, 0.1) is 0 Å². The average Bonchev–Trinajstić information content (AvgIpc) is 3.07. The summed E-state index contributed by atoms with van der Waals surface area (Å²) >= 11 is 4.47. The number of sulfonamides is 1.